The highest BCUT2D eigenvalue weighted by Gasteiger charge is 2.21. The molecule has 1 aromatic rings. The monoisotopic (exact) mass is 269 g/mol. The number of aromatic nitrogens is 2. The highest BCUT2D eigenvalue weighted by molar-refractivity contribution is 7.98. The highest BCUT2D eigenvalue weighted by atomic mass is 32.2. The molecule has 0 N–H and O–H groups in total. The zero-order valence-electron chi connectivity index (χ0n) is 11.8. The maximum atomic E-state index is 10.8. The van der Waals surface area contributed by atoms with Gasteiger partial charge < -0.3 is 0 Å². The Labute approximate surface area is 114 Å². The van der Waals surface area contributed by atoms with E-state index in [1.165, 1.54) is 5.69 Å². The van der Waals surface area contributed by atoms with Crippen molar-refractivity contribution in [1.82, 2.24) is 14.7 Å². The summed E-state index contributed by atoms with van der Waals surface area (Å²) in [7, 11) is 0. The van der Waals surface area contributed by atoms with E-state index in [9.17, 15) is 4.79 Å². The molecule has 1 aliphatic rings. The van der Waals surface area contributed by atoms with Gasteiger partial charge in [-0.3, -0.25) is 14.4 Å². The highest BCUT2D eigenvalue weighted by Crippen LogP contribution is 2.18. The molecule has 0 aromatic carbocycles. The fourth-order valence-electron chi connectivity index (χ4n) is 2.04. The molecule has 0 saturated heterocycles. The van der Waals surface area contributed by atoms with Gasteiger partial charge in [0.2, 0.25) is 0 Å². The van der Waals surface area contributed by atoms with Gasteiger partial charge in [0, 0.05) is 31.0 Å². The molecule has 0 bridgehead atoms. The Kier molecular flexibility index (Phi) is 6.43. The topological polar surface area (TPSA) is 38.1 Å². The first-order valence-electron chi connectivity index (χ1n) is 6.49. The lowest BCUT2D eigenvalue weighted by atomic mass is 10.2. The molecule has 2 heterocycles. The minimum Gasteiger partial charge on any atom is -0.296 e. The maximum absolute atomic E-state index is 10.8. The van der Waals surface area contributed by atoms with Crippen LogP contribution in [0.1, 0.15) is 35.6 Å². The van der Waals surface area contributed by atoms with Crippen LogP contribution in [0.3, 0.4) is 0 Å². The van der Waals surface area contributed by atoms with Gasteiger partial charge in [0.15, 0.2) is 6.29 Å². The molecule has 0 amide bonds. The predicted molar refractivity (Wildman–Crippen MR) is 77.4 cm³/mol. The summed E-state index contributed by atoms with van der Waals surface area (Å²) in [5, 5.41) is 4.30. The minimum atomic E-state index is 0.599. The maximum Gasteiger partial charge on any atom is 0.170 e. The van der Waals surface area contributed by atoms with Gasteiger partial charge >= 0.3 is 0 Å². The lowest BCUT2D eigenvalue weighted by Gasteiger charge is -2.27. The summed E-state index contributed by atoms with van der Waals surface area (Å²) < 4.78 is 1.98. The van der Waals surface area contributed by atoms with Crippen LogP contribution in [0.5, 0.6) is 0 Å². The smallest absolute Gasteiger partial charge is 0.170 e. The third-order valence-corrected chi connectivity index (χ3v) is 3.67. The van der Waals surface area contributed by atoms with E-state index in [1.54, 1.807) is 0 Å². The normalized spacial score (nSPS) is 14.7. The van der Waals surface area contributed by atoms with Crippen molar-refractivity contribution < 1.29 is 4.79 Å². The van der Waals surface area contributed by atoms with Crippen LogP contribution in [-0.2, 0) is 13.1 Å². The fourth-order valence-corrected chi connectivity index (χ4v) is 2.48. The SMILES string of the molecule is CC.CSCCN1CCn2nc(C=O)c(C)c2C1. The Hall–Kier alpha value is -0.810. The van der Waals surface area contributed by atoms with Gasteiger partial charge in [0.25, 0.3) is 0 Å². The van der Waals surface area contributed by atoms with Crippen molar-refractivity contribution in [3.8, 4) is 0 Å². The molecular formula is C13H23N3OS. The summed E-state index contributed by atoms with van der Waals surface area (Å²) in [6, 6.07) is 0. The first-order chi connectivity index (χ1) is 8.76. The molecule has 1 aromatic heterocycles. The van der Waals surface area contributed by atoms with Crippen molar-refractivity contribution >= 4 is 18.0 Å². The number of fused-ring (bicyclic) bond motifs is 1. The molecule has 2 rings (SSSR count). The lowest BCUT2D eigenvalue weighted by molar-refractivity contribution is 0.111. The first-order valence-corrected chi connectivity index (χ1v) is 7.88. The Balaban J connectivity index is 0.000000771. The second-order valence-electron chi connectivity index (χ2n) is 4.07. The Morgan fingerprint density at radius 1 is 1.39 bits per heavy atom. The van der Waals surface area contributed by atoms with Gasteiger partial charge in [-0.15, -0.1) is 0 Å². The van der Waals surface area contributed by atoms with Crippen molar-refractivity contribution in [2.24, 2.45) is 0 Å². The Morgan fingerprint density at radius 2 is 2.11 bits per heavy atom. The number of thioether (sulfide) groups is 1. The van der Waals surface area contributed by atoms with Gasteiger partial charge in [-0.05, 0) is 13.2 Å². The van der Waals surface area contributed by atoms with Crippen LogP contribution in [-0.4, -0.2) is 46.1 Å². The molecule has 5 heteroatoms. The zero-order chi connectivity index (χ0) is 13.5. The van der Waals surface area contributed by atoms with Crippen molar-refractivity contribution in [1.29, 1.82) is 0 Å². The summed E-state index contributed by atoms with van der Waals surface area (Å²) in [6.45, 7) is 9.96. The van der Waals surface area contributed by atoms with E-state index in [4.69, 9.17) is 0 Å². The van der Waals surface area contributed by atoms with E-state index < -0.39 is 0 Å². The molecule has 0 radical (unpaired) electrons. The summed E-state index contributed by atoms with van der Waals surface area (Å²) in [5.41, 5.74) is 2.85. The number of hydrogen-bond donors (Lipinski definition) is 0. The number of aldehydes is 1. The van der Waals surface area contributed by atoms with E-state index in [1.807, 2.05) is 37.2 Å². The van der Waals surface area contributed by atoms with E-state index in [0.717, 1.165) is 43.8 Å². The largest absolute Gasteiger partial charge is 0.296 e. The molecule has 102 valence electrons. The summed E-state index contributed by atoms with van der Waals surface area (Å²) in [4.78, 5) is 13.2. The minimum absolute atomic E-state index is 0.599. The van der Waals surface area contributed by atoms with E-state index >= 15 is 0 Å². The van der Waals surface area contributed by atoms with Crippen molar-refractivity contribution in [3.05, 3.63) is 17.0 Å². The van der Waals surface area contributed by atoms with Crippen LogP contribution in [0.25, 0.3) is 0 Å². The third-order valence-electron chi connectivity index (χ3n) is 3.08. The number of carbonyl (C=O) groups is 1. The Morgan fingerprint density at radius 3 is 2.72 bits per heavy atom. The predicted octanol–water partition coefficient (Wildman–Crippen LogP) is 2.21. The molecule has 0 fully saturated rings. The van der Waals surface area contributed by atoms with E-state index in [2.05, 4.69) is 16.3 Å². The van der Waals surface area contributed by atoms with Crippen molar-refractivity contribution in [3.63, 3.8) is 0 Å². The quantitative estimate of drug-likeness (QED) is 0.786. The van der Waals surface area contributed by atoms with Crippen LogP contribution in [0, 0.1) is 6.92 Å². The van der Waals surface area contributed by atoms with Crippen LogP contribution in [0.2, 0.25) is 0 Å². The molecule has 0 atom stereocenters. The standard InChI is InChI=1S/C11H17N3OS.C2H6/c1-9-10(8-15)12-14-4-3-13(5-6-16-2)7-11(9)14;1-2/h8H,3-7H2,1-2H3;1-2H3. The van der Waals surface area contributed by atoms with Gasteiger partial charge in [-0.1, -0.05) is 13.8 Å². The van der Waals surface area contributed by atoms with Gasteiger partial charge in [0.05, 0.1) is 12.2 Å². The zero-order valence-corrected chi connectivity index (χ0v) is 12.6. The first kappa shape index (κ1) is 15.2. The number of carbonyl (C=O) groups excluding carboxylic acids is 1. The molecular weight excluding hydrogens is 246 g/mol. The average Bonchev–Trinajstić information content (AvgIpc) is 2.75. The summed E-state index contributed by atoms with van der Waals surface area (Å²) >= 11 is 1.87. The molecule has 0 unspecified atom stereocenters. The Bertz CT molecular complexity index is 390. The van der Waals surface area contributed by atoms with Crippen LogP contribution < -0.4 is 0 Å². The number of hydrogen-bond acceptors (Lipinski definition) is 4. The van der Waals surface area contributed by atoms with Crippen LogP contribution in [0.15, 0.2) is 0 Å². The third kappa shape index (κ3) is 3.36. The molecule has 18 heavy (non-hydrogen) atoms. The molecule has 0 saturated carbocycles. The van der Waals surface area contributed by atoms with E-state index in [-0.39, 0.29) is 0 Å². The molecule has 1 aliphatic heterocycles. The number of nitrogens with zero attached hydrogens (tertiary/aromatic N) is 3. The molecule has 0 spiro atoms. The summed E-state index contributed by atoms with van der Waals surface area (Å²) in [5.74, 6) is 1.16. The fraction of sp³-hybridized carbons (Fsp3) is 0.692. The van der Waals surface area contributed by atoms with Crippen molar-refractivity contribution in [2.75, 3.05) is 25.1 Å². The van der Waals surface area contributed by atoms with Gasteiger partial charge in [-0.25, -0.2) is 0 Å². The summed E-state index contributed by atoms with van der Waals surface area (Å²) in [6.07, 6.45) is 2.98. The van der Waals surface area contributed by atoms with Gasteiger partial charge in [-0.2, -0.15) is 16.9 Å². The second-order valence-corrected chi connectivity index (χ2v) is 5.05. The van der Waals surface area contributed by atoms with Crippen LogP contribution in [0.4, 0.5) is 0 Å². The lowest BCUT2D eigenvalue weighted by Crippen LogP contribution is -2.35. The second kappa shape index (κ2) is 7.59. The van der Waals surface area contributed by atoms with E-state index in [0.29, 0.717) is 5.69 Å². The average molecular weight is 269 g/mol. The number of rotatable bonds is 4. The molecule has 0 aliphatic carbocycles. The molecule has 4 nitrogen and oxygen atoms in total. The van der Waals surface area contributed by atoms with Gasteiger partial charge in [0.1, 0.15) is 5.69 Å². The van der Waals surface area contributed by atoms with Crippen LogP contribution >= 0.6 is 11.8 Å². The van der Waals surface area contributed by atoms with Crippen molar-refractivity contribution in [2.45, 2.75) is 33.9 Å².